The van der Waals surface area contributed by atoms with Crippen molar-refractivity contribution in [3.05, 3.63) is 29.5 Å². The number of carbonyl (C=O) groups excluding carboxylic acids is 1. The van der Waals surface area contributed by atoms with E-state index in [1.54, 1.807) is 12.4 Å². The zero-order valence-corrected chi connectivity index (χ0v) is 9.53. The standard InChI is InChI=1S/C11H10N2O2S/c1-2-15-8-4-3-5-12-11(8)9-6-13-10(7-14)16-9/h3-7H,2H2,1H3. The summed E-state index contributed by atoms with van der Waals surface area (Å²) in [6.07, 6.45) is 4.06. The number of hydrogen-bond acceptors (Lipinski definition) is 5. The smallest absolute Gasteiger partial charge is 0.178 e. The van der Waals surface area contributed by atoms with Crippen LogP contribution in [-0.4, -0.2) is 22.9 Å². The van der Waals surface area contributed by atoms with Crippen LogP contribution in [0.25, 0.3) is 10.6 Å². The van der Waals surface area contributed by atoms with Gasteiger partial charge >= 0.3 is 0 Å². The molecule has 0 N–H and O–H groups in total. The van der Waals surface area contributed by atoms with Crippen molar-refractivity contribution in [2.75, 3.05) is 6.61 Å². The lowest BCUT2D eigenvalue weighted by atomic mass is 10.3. The minimum absolute atomic E-state index is 0.447. The highest BCUT2D eigenvalue weighted by molar-refractivity contribution is 7.16. The summed E-state index contributed by atoms with van der Waals surface area (Å²) in [5.41, 5.74) is 0.731. The largest absolute Gasteiger partial charge is 0.492 e. The predicted molar refractivity (Wildman–Crippen MR) is 61.9 cm³/mol. The molecule has 0 bridgehead atoms. The SMILES string of the molecule is CCOc1cccnc1-c1cnc(C=O)s1. The summed E-state index contributed by atoms with van der Waals surface area (Å²) < 4.78 is 5.46. The van der Waals surface area contributed by atoms with Crippen LogP contribution in [0, 0.1) is 0 Å². The van der Waals surface area contributed by atoms with Crippen molar-refractivity contribution < 1.29 is 9.53 Å². The molecule has 0 unspecified atom stereocenters. The van der Waals surface area contributed by atoms with E-state index < -0.39 is 0 Å². The van der Waals surface area contributed by atoms with Gasteiger partial charge in [-0.2, -0.15) is 0 Å². The molecule has 0 spiro atoms. The Morgan fingerprint density at radius 2 is 2.38 bits per heavy atom. The quantitative estimate of drug-likeness (QED) is 0.762. The third kappa shape index (κ3) is 2.09. The van der Waals surface area contributed by atoms with Crippen LogP contribution in [-0.2, 0) is 0 Å². The fourth-order valence-corrected chi connectivity index (χ4v) is 2.03. The van der Waals surface area contributed by atoms with Crippen LogP contribution in [0.2, 0.25) is 0 Å². The van der Waals surface area contributed by atoms with Gasteiger partial charge in [0.15, 0.2) is 11.3 Å². The number of carbonyl (C=O) groups is 1. The molecule has 2 aromatic rings. The molecule has 2 rings (SSSR count). The maximum Gasteiger partial charge on any atom is 0.178 e. The summed E-state index contributed by atoms with van der Waals surface area (Å²) in [6, 6.07) is 3.67. The van der Waals surface area contributed by atoms with Gasteiger partial charge in [-0.15, -0.1) is 11.3 Å². The van der Waals surface area contributed by atoms with Crippen LogP contribution in [0.5, 0.6) is 5.75 Å². The molecule has 4 nitrogen and oxygen atoms in total. The molecule has 0 aliphatic carbocycles. The molecule has 0 aliphatic rings. The van der Waals surface area contributed by atoms with Gasteiger partial charge in [0.2, 0.25) is 0 Å². The van der Waals surface area contributed by atoms with Gasteiger partial charge in [-0.3, -0.25) is 9.78 Å². The third-order valence-electron chi connectivity index (χ3n) is 1.93. The first-order valence-electron chi connectivity index (χ1n) is 4.84. The zero-order chi connectivity index (χ0) is 11.4. The number of aldehydes is 1. The third-order valence-corrected chi connectivity index (χ3v) is 2.86. The molecule has 0 aliphatic heterocycles. The normalized spacial score (nSPS) is 10.1. The topological polar surface area (TPSA) is 52.1 Å². The summed E-state index contributed by atoms with van der Waals surface area (Å²) in [6.45, 7) is 2.50. The van der Waals surface area contributed by atoms with Gasteiger partial charge in [0.25, 0.3) is 0 Å². The second-order valence-electron chi connectivity index (χ2n) is 2.96. The Bertz CT molecular complexity index is 496. The molecule has 5 heteroatoms. The molecule has 2 heterocycles. The molecule has 0 radical (unpaired) electrons. The Morgan fingerprint density at radius 1 is 1.50 bits per heavy atom. The van der Waals surface area contributed by atoms with Crippen molar-refractivity contribution in [1.82, 2.24) is 9.97 Å². The molecule has 82 valence electrons. The van der Waals surface area contributed by atoms with Crippen molar-refractivity contribution in [2.24, 2.45) is 0 Å². The van der Waals surface area contributed by atoms with E-state index in [0.29, 0.717) is 17.4 Å². The molecular weight excluding hydrogens is 224 g/mol. The first-order chi connectivity index (χ1) is 7.85. The molecule has 2 aromatic heterocycles. The van der Waals surface area contributed by atoms with Crippen LogP contribution < -0.4 is 4.74 Å². The highest BCUT2D eigenvalue weighted by atomic mass is 32.1. The van der Waals surface area contributed by atoms with E-state index in [0.717, 1.165) is 16.9 Å². The number of aromatic nitrogens is 2. The maximum atomic E-state index is 10.6. The molecule has 0 saturated carbocycles. The lowest BCUT2D eigenvalue weighted by Crippen LogP contribution is -1.94. The highest BCUT2D eigenvalue weighted by Crippen LogP contribution is 2.31. The van der Waals surface area contributed by atoms with Crippen molar-refractivity contribution >= 4 is 17.6 Å². The van der Waals surface area contributed by atoms with E-state index in [9.17, 15) is 4.79 Å². The minimum Gasteiger partial charge on any atom is -0.492 e. The number of ether oxygens (including phenoxy) is 1. The molecule has 0 atom stereocenters. The fraction of sp³-hybridized carbons (Fsp3) is 0.182. The number of nitrogens with zero attached hydrogens (tertiary/aromatic N) is 2. The van der Waals surface area contributed by atoms with E-state index in [-0.39, 0.29) is 0 Å². The fourth-order valence-electron chi connectivity index (χ4n) is 1.30. The summed E-state index contributed by atoms with van der Waals surface area (Å²) in [5, 5.41) is 0.447. The Hall–Kier alpha value is -1.75. The van der Waals surface area contributed by atoms with Crippen molar-refractivity contribution in [3.8, 4) is 16.3 Å². The van der Waals surface area contributed by atoms with Crippen LogP contribution >= 0.6 is 11.3 Å². The zero-order valence-electron chi connectivity index (χ0n) is 8.71. The van der Waals surface area contributed by atoms with Gasteiger partial charge in [-0.25, -0.2) is 4.98 Å². The van der Waals surface area contributed by atoms with Crippen LogP contribution in [0.1, 0.15) is 16.7 Å². The van der Waals surface area contributed by atoms with Gasteiger partial charge in [0.05, 0.1) is 11.5 Å². The molecular formula is C11H10N2O2S. The number of rotatable bonds is 4. The first kappa shape index (κ1) is 10.8. The lowest BCUT2D eigenvalue weighted by molar-refractivity contribution is 0.112. The Labute approximate surface area is 96.9 Å². The van der Waals surface area contributed by atoms with Crippen LogP contribution in [0.4, 0.5) is 0 Å². The molecule has 0 fully saturated rings. The van der Waals surface area contributed by atoms with Crippen molar-refractivity contribution in [3.63, 3.8) is 0 Å². The average molecular weight is 234 g/mol. The molecule has 0 amide bonds. The number of pyridine rings is 1. The average Bonchev–Trinajstić information content (AvgIpc) is 2.79. The van der Waals surface area contributed by atoms with Crippen molar-refractivity contribution in [1.29, 1.82) is 0 Å². The Balaban J connectivity index is 2.42. The lowest BCUT2D eigenvalue weighted by Gasteiger charge is -2.06. The Morgan fingerprint density at radius 3 is 3.06 bits per heavy atom. The number of thiazole rings is 1. The summed E-state index contributed by atoms with van der Waals surface area (Å²) in [7, 11) is 0. The van der Waals surface area contributed by atoms with Gasteiger partial charge in [-0.05, 0) is 19.1 Å². The van der Waals surface area contributed by atoms with E-state index in [1.165, 1.54) is 11.3 Å². The van der Waals surface area contributed by atoms with E-state index in [4.69, 9.17) is 4.74 Å². The molecule has 16 heavy (non-hydrogen) atoms. The highest BCUT2D eigenvalue weighted by Gasteiger charge is 2.10. The van der Waals surface area contributed by atoms with E-state index in [1.807, 2.05) is 19.1 Å². The predicted octanol–water partition coefficient (Wildman–Crippen LogP) is 2.42. The van der Waals surface area contributed by atoms with Crippen LogP contribution in [0.3, 0.4) is 0 Å². The Kier molecular flexibility index (Phi) is 3.26. The monoisotopic (exact) mass is 234 g/mol. The maximum absolute atomic E-state index is 10.6. The van der Waals surface area contributed by atoms with Crippen molar-refractivity contribution in [2.45, 2.75) is 6.92 Å². The summed E-state index contributed by atoms with van der Waals surface area (Å²) >= 11 is 1.30. The summed E-state index contributed by atoms with van der Waals surface area (Å²) in [5.74, 6) is 0.714. The van der Waals surface area contributed by atoms with Gasteiger partial charge < -0.3 is 4.74 Å². The van der Waals surface area contributed by atoms with Crippen LogP contribution in [0.15, 0.2) is 24.5 Å². The van der Waals surface area contributed by atoms with Gasteiger partial charge in [0.1, 0.15) is 11.4 Å². The molecule has 0 aromatic carbocycles. The minimum atomic E-state index is 0.447. The second-order valence-corrected chi connectivity index (χ2v) is 4.03. The van der Waals surface area contributed by atoms with Gasteiger partial charge in [-0.1, -0.05) is 0 Å². The second kappa shape index (κ2) is 4.85. The number of hydrogen-bond donors (Lipinski definition) is 0. The molecule has 0 saturated heterocycles. The summed E-state index contributed by atoms with van der Waals surface area (Å²) in [4.78, 5) is 19.6. The first-order valence-corrected chi connectivity index (χ1v) is 5.66. The van der Waals surface area contributed by atoms with Gasteiger partial charge in [0, 0.05) is 12.4 Å². The van der Waals surface area contributed by atoms with E-state index in [2.05, 4.69) is 9.97 Å². The van der Waals surface area contributed by atoms with E-state index >= 15 is 0 Å².